The minimum atomic E-state index is -0.689. The van der Waals surface area contributed by atoms with Crippen LogP contribution in [0.4, 0.5) is 0 Å². The summed E-state index contributed by atoms with van der Waals surface area (Å²) in [6.07, 6.45) is 2.99. The van der Waals surface area contributed by atoms with Crippen LogP contribution in [-0.4, -0.2) is 38.6 Å². The van der Waals surface area contributed by atoms with Gasteiger partial charge in [-0.2, -0.15) is 0 Å². The third kappa shape index (κ3) is 2.24. The minimum absolute atomic E-state index is 0.587. The van der Waals surface area contributed by atoms with Crippen LogP contribution in [0.2, 0.25) is 5.15 Å². The highest BCUT2D eigenvalue weighted by molar-refractivity contribution is 6.29. The summed E-state index contributed by atoms with van der Waals surface area (Å²) in [5, 5.41) is 9.94. The maximum absolute atomic E-state index is 11.4. The Balaban J connectivity index is 2.06. The van der Waals surface area contributed by atoms with Gasteiger partial charge in [0.05, 0.1) is 18.2 Å². The number of hydrogen-bond acceptors (Lipinski definition) is 3. The number of hydrogen-bond donors (Lipinski definition) is 1. The average molecular weight is 272 g/mol. The summed E-state index contributed by atoms with van der Waals surface area (Å²) in [6.45, 7) is 3.97. The van der Waals surface area contributed by atoms with Gasteiger partial charge in [-0.25, -0.2) is 4.98 Å². The molecule has 5 nitrogen and oxygen atoms in total. The molecular weight excluding hydrogens is 254 g/mol. The Kier molecular flexibility index (Phi) is 3.64. The van der Waals surface area contributed by atoms with Gasteiger partial charge in [-0.15, -0.1) is 0 Å². The maximum atomic E-state index is 11.4. The molecule has 2 rings (SSSR count). The normalized spacial score (nSPS) is 24.6. The molecule has 6 heteroatoms. The van der Waals surface area contributed by atoms with Crippen LogP contribution < -0.4 is 0 Å². The van der Waals surface area contributed by atoms with Crippen molar-refractivity contribution in [3.8, 4) is 0 Å². The van der Waals surface area contributed by atoms with E-state index in [2.05, 4.69) is 9.88 Å². The van der Waals surface area contributed by atoms with Crippen LogP contribution in [-0.2, 0) is 18.4 Å². The molecule has 0 aromatic carbocycles. The van der Waals surface area contributed by atoms with Crippen LogP contribution in [0.3, 0.4) is 0 Å². The lowest BCUT2D eigenvalue weighted by atomic mass is 9.84. The van der Waals surface area contributed by atoms with Gasteiger partial charge in [0.2, 0.25) is 0 Å². The van der Waals surface area contributed by atoms with Crippen molar-refractivity contribution in [3.63, 3.8) is 0 Å². The van der Waals surface area contributed by atoms with Crippen molar-refractivity contribution < 1.29 is 9.90 Å². The largest absolute Gasteiger partial charge is 0.481 e. The van der Waals surface area contributed by atoms with Gasteiger partial charge in [0.1, 0.15) is 11.0 Å². The molecule has 100 valence electrons. The number of halogens is 1. The third-order valence-corrected chi connectivity index (χ3v) is 4.31. The lowest BCUT2D eigenvalue weighted by Crippen LogP contribution is -2.34. The second kappa shape index (κ2) is 4.90. The number of likely N-dealkylation sites (tertiary alicyclic amines) is 1. The fraction of sp³-hybridized carbons (Fsp3) is 0.667. The van der Waals surface area contributed by atoms with E-state index in [4.69, 9.17) is 11.6 Å². The Morgan fingerprint density at radius 1 is 1.67 bits per heavy atom. The Labute approximate surface area is 111 Å². The van der Waals surface area contributed by atoms with Gasteiger partial charge in [-0.3, -0.25) is 9.69 Å². The van der Waals surface area contributed by atoms with Crippen LogP contribution >= 0.6 is 11.6 Å². The molecule has 1 aromatic heterocycles. The topological polar surface area (TPSA) is 58.4 Å². The smallest absolute Gasteiger partial charge is 0.310 e. The van der Waals surface area contributed by atoms with Crippen LogP contribution in [0.1, 0.15) is 25.6 Å². The lowest BCUT2D eigenvalue weighted by Gasteiger charge is -2.22. The summed E-state index contributed by atoms with van der Waals surface area (Å²) in [5.74, 6) is 0.183. The first-order valence-electron chi connectivity index (χ1n) is 6.10. The zero-order chi connectivity index (χ0) is 13.3. The number of imidazole rings is 1. The second-order valence-corrected chi connectivity index (χ2v) is 5.34. The number of aromatic nitrogens is 2. The molecule has 1 unspecified atom stereocenters. The number of rotatable bonds is 4. The number of carboxylic acids is 1. The molecule has 1 fully saturated rings. The van der Waals surface area contributed by atoms with E-state index < -0.39 is 11.4 Å². The highest BCUT2D eigenvalue weighted by Gasteiger charge is 2.43. The van der Waals surface area contributed by atoms with Crippen LogP contribution in [0, 0.1) is 5.41 Å². The zero-order valence-corrected chi connectivity index (χ0v) is 11.4. The minimum Gasteiger partial charge on any atom is -0.481 e. The van der Waals surface area contributed by atoms with E-state index in [-0.39, 0.29) is 0 Å². The van der Waals surface area contributed by atoms with Gasteiger partial charge < -0.3 is 9.67 Å². The molecule has 0 aliphatic carbocycles. The summed E-state index contributed by atoms with van der Waals surface area (Å²) < 4.78 is 1.83. The van der Waals surface area contributed by atoms with Crippen LogP contribution in [0.25, 0.3) is 0 Å². The van der Waals surface area contributed by atoms with E-state index in [1.807, 2.05) is 18.5 Å². The van der Waals surface area contributed by atoms with Gasteiger partial charge in [0, 0.05) is 13.6 Å². The van der Waals surface area contributed by atoms with Crippen molar-refractivity contribution in [1.82, 2.24) is 14.5 Å². The molecule has 18 heavy (non-hydrogen) atoms. The Morgan fingerprint density at radius 2 is 2.39 bits per heavy atom. The van der Waals surface area contributed by atoms with E-state index in [0.717, 1.165) is 12.4 Å². The quantitative estimate of drug-likeness (QED) is 0.907. The van der Waals surface area contributed by atoms with Gasteiger partial charge >= 0.3 is 5.97 Å². The third-order valence-electron chi connectivity index (χ3n) is 3.96. The second-order valence-electron chi connectivity index (χ2n) is 4.96. The summed E-state index contributed by atoms with van der Waals surface area (Å²) in [6, 6.07) is 0. The molecule has 0 saturated carbocycles. The predicted molar refractivity (Wildman–Crippen MR) is 68.5 cm³/mol. The summed E-state index contributed by atoms with van der Waals surface area (Å²) >= 11 is 5.94. The first-order chi connectivity index (χ1) is 8.48. The van der Waals surface area contributed by atoms with Crippen LogP contribution in [0.15, 0.2) is 6.20 Å². The summed E-state index contributed by atoms with van der Waals surface area (Å²) in [5.41, 5.74) is -0.588. The predicted octanol–water partition coefficient (Wildman–Crippen LogP) is 1.76. The Morgan fingerprint density at radius 3 is 2.83 bits per heavy atom. The number of aliphatic carboxylic acids is 1. The van der Waals surface area contributed by atoms with E-state index in [1.165, 1.54) is 0 Å². The SMILES string of the molecule is CCC1(C(=O)O)CCN(Cc2ncc(Cl)n2C)C1. The van der Waals surface area contributed by atoms with Gasteiger partial charge in [-0.1, -0.05) is 18.5 Å². The highest BCUT2D eigenvalue weighted by Crippen LogP contribution is 2.34. The molecule has 1 saturated heterocycles. The first-order valence-corrected chi connectivity index (χ1v) is 6.48. The molecule has 0 bridgehead atoms. The standard InChI is InChI=1S/C12H18ClN3O2/c1-3-12(11(17)18)4-5-16(8-12)7-10-14-6-9(13)15(10)2/h6H,3-5,7-8H2,1-2H3,(H,17,18). The number of nitrogens with zero attached hydrogens (tertiary/aromatic N) is 3. The van der Waals surface area contributed by atoms with Gasteiger partial charge in [0.25, 0.3) is 0 Å². The average Bonchev–Trinajstić information content (AvgIpc) is 2.89. The molecular formula is C12H18ClN3O2. The molecule has 0 amide bonds. The molecule has 0 radical (unpaired) electrons. The summed E-state index contributed by atoms with van der Waals surface area (Å²) in [4.78, 5) is 17.7. The first kappa shape index (κ1) is 13.4. The Bertz CT molecular complexity index is 460. The maximum Gasteiger partial charge on any atom is 0.310 e. The molecule has 0 spiro atoms. The molecule has 2 heterocycles. The van der Waals surface area contributed by atoms with Crippen molar-refractivity contribution in [2.24, 2.45) is 12.5 Å². The Hall–Kier alpha value is -1.07. The molecule has 1 aromatic rings. The van der Waals surface area contributed by atoms with E-state index in [0.29, 0.717) is 31.1 Å². The summed E-state index contributed by atoms with van der Waals surface area (Å²) in [7, 11) is 1.87. The fourth-order valence-electron chi connectivity index (χ4n) is 2.48. The monoisotopic (exact) mass is 271 g/mol. The molecule has 1 aliphatic rings. The van der Waals surface area contributed by atoms with Crippen LogP contribution in [0.5, 0.6) is 0 Å². The molecule has 1 aliphatic heterocycles. The fourth-order valence-corrected chi connectivity index (χ4v) is 2.63. The van der Waals surface area contributed by atoms with E-state index in [9.17, 15) is 9.90 Å². The zero-order valence-electron chi connectivity index (χ0n) is 10.7. The van der Waals surface area contributed by atoms with E-state index in [1.54, 1.807) is 6.20 Å². The number of carboxylic acid groups (broad SMARTS) is 1. The molecule has 1 N–H and O–H groups in total. The van der Waals surface area contributed by atoms with Crippen molar-refractivity contribution in [3.05, 3.63) is 17.2 Å². The lowest BCUT2D eigenvalue weighted by molar-refractivity contribution is -0.148. The van der Waals surface area contributed by atoms with Crippen molar-refractivity contribution >= 4 is 17.6 Å². The molecule has 1 atom stereocenters. The van der Waals surface area contributed by atoms with Gasteiger partial charge in [-0.05, 0) is 19.4 Å². The van der Waals surface area contributed by atoms with E-state index >= 15 is 0 Å². The van der Waals surface area contributed by atoms with Crippen molar-refractivity contribution in [2.75, 3.05) is 13.1 Å². The van der Waals surface area contributed by atoms with Crippen molar-refractivity contribution in [1.29, 1.82) is 0 Å². The van der Waals surface area contributed by atoms with Crippen molar-refractivity contribution in [2.45, 2.75) is 26.3 Å². The highest BCUT2D eigenvalue weighted by atomic mass is 35.5. The number of carbonyl (C=O) groups is 1. The van der Waals surface area contributed by atoms with Gasteiger partial charge in [0.15, 0.2) is 0 Å².